The molecule has 7 heteroatoms. The maximum Gasteiger partial charge on any atom is 0.284 e. The van der Waals surface area contributed by atoms with Gasteiger partial charge in [0.2, 0.25) is 0 Å². The van der Waals surface area contributed by atoms with E-state index < -0.39 is 5.91 Å². The molecule has 2 heterocycles. The van der Waals surface area contributed by atoms with Crippen molar-refractivity contribution in [1.82, 2.24) is 10.6 Å². The minimum atomic E-state index is -0.576. The van der Waals surface area contributed by atoms with E-state index in [2.05, 4.69) is 46.8 Å². The Hall–Kier alpha value is -2.80. The van der Waals surface area contributed by atoms with Crippen molar-refractivity contribution in [2.24, 2.45) is 16.6 Å². The molecule has 1 aromatic carbocycles. The first-order chi connectivity index (χ1) is 13.6. The van der Waals surface area contributed by atoms with Gasteiger partial charge < -0.3 is 25.5 Å². The second-order valence-corrected chi connectivity index (χ2v) is 7.04. The summed E-state index contributed by atoms with van der Waals surface area (Å²) >= 11 is 0. The number of nitrogens with one attached hydrogen (secondary N) is 2. The van der Waals surface area contributed by atoms with Crippen LogP contribution in [-0.2, 0) is 11.3 Å². The standard InChI is InChI=1S/C21H28N4O3/c1-14-5-7-15(8-6-14)19-16(4-3-11-27-19)12-24-21(23-2)25-13-17-9-10-18(28-17)20(22)26/h5-10,16,19H,3-4,11-13H2,1-2H3,(H2,22,26)(H2,23,24,25). The molecule has 28 heavy (non-hydrogen) atoms. The normalized spacial score (nSPS) is 20.0. The van der Waals surface area contributed by atoms with Gasteiger partial charge in [-0.3, -0.25) is 9.79 Å². The number of carbonyl (C=O) groups excluding carboxylic acids is 1. The van der Waals surface area contributed by atoms with E-state index in [9.17, 15) is 4.79 Å². The van der Waals surface area contributed by atoms with Crippen molar-refractivity contribution in [3.63, 3.8) is 0 Å². The summed E-state index contributed by atoms with van der Waals surface area (Å²) in [6.45, 7) is 4.05. The van der Waals surface area contributed by atoms with Crippen LogP contribution in [0, 0.1) is 12.8 Å². The number of aliphatic imine (C=N–C) groups is 1. The van der Waals surface area contributed by atoms with Gasteiger partial charge >= 0.3 is 0 Å². The van der Waals surface area contributed by atoms with Crippen molar-refractivity contribution in [3.05, 3.63) is 59.0 Å². The van der Waals surface area contributed by atoms with Crippen LogP contribution in [0.3, 0.4) is 0 Å². The molecule has 1 fully saturated rings. The summed E-state index contributed by atoms with van der Waals surface area (Å²) in [5.74, 6) is 1.23. The third-order valence-electron chi connectivity index (χ3n) is 4.94. The molecule has 0 spiro atoms. The summed E-state index contributed by atoms with van der Waals surface area (Å²) in [6, 6.07) is 11.9. The van der Waals surface area contributed by atoms with Crippen LogP contribution in [0.1, 0.15) is 46.4 Å². The van der Waals surface area contributed by atoms with Gasteiger partial charge in [0.05, 0.1) is 12.6 Å². The molecule has 7 nitrogen and oxygen atoms in total. The largest absolute Gasteiger partial charge is 0.454 e. The summed E-state index contributed by atoms with van der Waals surface area (Å²) in [6.07, 6.45) is 2.24. The zero-order chi connectivity index (χ0) is 19.9. The van der Waals surface area contributed by atoms with E-state index >= 15 is 0 Å². The minimum absolute atomic E-state index is 0.0863. The van der Waals surface area contributed by atoms with E-state index in [1.807, 2.05) is 0 Å². The zero-order valence-corrected chi connectivity index (χ0v) is 16.4. The van der Waals surface area contributed by atoms with E-state index in [4.69, 9.17) is 14.9 Å². The number of benzene rings is 1. The van der Waals surface area contributed by atoms with E-state index in [0.717, 1.165) is 26.0 Å². The number of hydrogen-bond donors (Lipinski definition) is 3. The van der Waals surface area contributed by atoms with Gasteiger partial charge in [0.25, 0.3) is 5.91 Å². The third-order valence-corrected chi connectivity index (χ3v) is 4.94. The molecule has 4 N–H and O–H groups in total. The number of carbonyl (C=O) groups is 1. The molecule has 1 aromatic heterocycles. The number of guanidine groups is 1. The molecular weight excluding hydrogens is 356 g/mol. The predicted octanol–water partition coefficient (Wildman–Crippen LogP) is 2.52. The highest BCUT2D eigenvalue weighted by atomic mass is 16.5. The van der Waals surface area contributed by atoms with Gasteiger partial charge in [0.1, 0.15) is 5.76 Å². The molecule has 0 aliphatic carbocycles. The van der Waals surface area contributed by atoms with Gasteiger partial charge in [-0.25, -0.2) is 0 Å². The predicted molar refractivity (Wildman–Crippen MR) is 108 cm³/mol. The lowest BCUT2D eigenvalue weighted by atomic mass is 9.89. The zero-order valence-electron chi connectivity index (χ0n) is 16.4. The van der Waals surface area contributed by atoms with Gasteiger partial charge in [-0.1, -0.05) is 29.8 Å². The number of amides is 1. The summed E-state index contributed by atoms with van der Waals surface area (Å²) in [4.78, 5) is 15.4. The van der Waals surface area contributed by atoms with Crippen molar-refractivity contribution in [3.8, 4) is 0 Å². The van der Waals surface area contributed by atoms with Gasteiger partial charge in [0, 0.05) is 26.1 Å². The second kappa shape index (κ2) is 9.41. The first kappa shape index (κ1) is 19.9. The third kappa shape index (κ3) is 5.13. The van der Waals surface area contributed by atoms with Crippen molar-refractivity contribution in [1.29, 1.82) is 0 Å². The summed E-state index contributed by atoms with van der Waals surface area (Å²) in [7, 11) is 1.72. The SMILES string of the molecule is CN=C(NCc1ccc(C(N)=O)o1)NCC1CCCOC1c1ccc(C)cc1. The Morgan fingerprint density at radius 3 is 2.68 bits per heavy atom. The van der Waals surface area contributed by atoms with Crippen LogP contribution >= 0.6 is 0 Å². The topological polar surface area (TPSA) is 102 Å². The number of ether oxygens (including phenoxy) is 1. The van der Waals surface area contributed by atoms with Crippen LogP contribution in [0.25, 0.3) is 0 Å². The Kier molecular flexibility index (Phi) is 6.71. The number of nitrogens with zero attached hydrogens (tertiary/aromatic N) is 1. The molecule has 2 aromatic rings. The van der Waals surface area contributed by atoms with Crippen LogP contribution in [0.4, 0.5) is 0 Å². The van der Waals surface area contributed by atoms with Gasteiger partial charge in [0.15, 0.2) is 11.7 Å². The van der Waals surface area contributed by atoms with Crippen LogP contribution in [0.2, 0.25) is 0 Å². The molecule has 0 saturated carbocycles. The fraction of sp³-hybridized carbons (Fsp3) is 0.429. The number of rotatable bonds is 6. The van der Waals surface area contributed by atoms with Crippen molar-refractivity contribution in [2.45, 2.75) is 32.4 Å². The molecule has 1 aliphatic heterocycles. The van der Waals surface area contributed by atoms with Crippen molar-refractivity contribution in [2.75, 3.05) is 20.2 Å². The van der Waals surface area contributed by atoms with Crippen LogP contribution < -0.4 is 16.4 Å². The van der Waals surface area contributed by atoms with Gasteiger partial charge in [-0.05, 0) is 37.5 Å². The van der Waals surface area contributed by atoms with Crippen LogP contribution in [-0.4, -0.2) is 32.1 Å². The van der Waals surface area contributed by atoms with E-state index in [1.165, 1.54) is 11.1 Å². The van der Waals surface area contributed by atoms with Crippen LogP contribution in [0.15, 0.2) is 45.8 Å². The van der Waals surface area contributed by atoms with Crippen molar-refractivity contribution < 1.29 is 13.9 Å². The molecule has 2 atom stereocenters. The molecule has 0 bridgehead atoms. The van der Waals surface area contributed by atoms with Gasteiger partial charge in [-0.15, -0.1) is 0 Å². The Morgan fingerprint density at radius 1 is 1.21 bits per heavy atom. The quantitative estimate of drug-likeness (QED) is 0.525. The maximum absolute atomic E-state index is 11.1. The summed E-state index contributed by atoms with van der Waals surface area (Å²) in [5.41, 5.74) is 7.67. The highest BCUT2D eigenvalue weighted by Gasteiger charge is 2.27. The molecule has 150 valence electrons. The van der Waals surface area contributed by atoms with Gasteiger partial charge in [-0.2, -0.15) is 0 Å². The smallest absolute Gasteiger partial charge is 0.284 e. The highest BCUT2D eigenvalue weighted by molar-refractivity contribution is 5.89. The van der Waals surface area contributed by atoms with E-state index in [0.29, 0.717) is 24.2 Å². The van der Waals surface area contributed by atoms with Crippen LogP contribution in [0.5, 0.6) is 0 Å². The monoisotopic (exact) mass is 384 g/mol. The highest BCUT2D eigenvalue weighted by Crippen LogP contribution is 2.33. The summed E-state index contributed by atoms with van der Waals surface area (Å²) in [5, 5.41) is 6.57. The number of furan rings is 1. The average Bonchev–Trinajstić information content (AvgIpc) is 3.18. The first-order valence-corrected chi connectivity index (χ1v) is 9.58. The summed E-state index contributed by atoms with van der Waals surface area (Å²) < 4.78 is 11.5. The second-order valence-electron chi connectivity index (χ2n) is 7.04. The molecule has 2 unspecified atom stereocenters. The molecule has 1 saturated heterocycles. The fourth-order valence-corrected chi connectivity index (χ4v) is 3.40. The number of hydrogen-bond acceptors (Lipinski definition) is 4. The lowest BCUT2D eigenvalue weighted by Gasteiger charge is -2.32. The maximum atomic E-state index is 11.1. The molecular formula is C21H28N4O3. The minimum Gasteiger partial charge on any atom is -0.454 e. The average molecular weight is 384 g/mol. The Labute approximate surface area is 165 Å². The molecule has 1 amide bonds. The lowest BCUT2D eigenvalue weighted by Crippen LogP contribution is -2.41. The molecule has 3 rings (SSSR count). The van der Waals surface area contributed by atoms with E-state index in [1.54, 1.807) is 19.2 Å². The fourth-order valence-electron chi connectivity index (χ4n) is 3.40. The Morgan fingerprint density at radius 2 is 2.00 bits per heavy atom. The molecule has 0 radical (unpaired) electrons. The van der Waals surface area contributed by atoms with E-state index in [-0.39, 0.29) is 11.9 Å². The first-order valence-electron chi connectivity index (χ1n) is 9.58. The molecule has 1 aliphatic rings. The Bertz CT molecular complexity index is 813. The number of aryl methyl sites for hydroxylation is 1. The lowest BCUT2D eigenvalue weighted by molar-refractivity contribution is -0.0265. The van der Waals surface area contributed by atoms with Crippen molar-refractivity contribution >= 4 is 11.9 Å². The Balaban J connectivity index is 1.55. The number of primary amides is 1. The number of nitrogens with two attached hydrogens (primary N) is 1.